The number of halogens is 3. The van der Waals surface area contributed by atoms with E-state index in [4.69, 9.17) is 23.2 Å². The van der Waals surface area contributed by atoms with Gasteiger partial charge in [0, 0.05) is 20.7 Å². The number of amides is 3. The van der Waals surface area contributed by atoms with Gasteiger partial charge in [-0.15, -0.1) is 0 Å². The number of carbonyl (C=O) groups excluding carboxylic acids is 3. The second-order valence-electron chi connectivity index (χ2n) is 7.15. The van der Waals surface area contributed by atoms with Crippen LogP contribution in [0, 0.1) is 6.92 Å². The highest BCUT2D eigenvalue weighted by molar-refractivity contribution is 9.10. The molecule has 2 N–H and O–H groups in total. The van der Waals surface area contributed by atoms with E-state index in [1.54, 1.807) is 55.5 Å². The molecule has 9 heteroatoms. The van der Waals surface area contributed by atoms with Gasteiger partial charge >= 0.3 is 0 Å². The van der Waals surface area contributed by atoms with Crippen LogP contribution in [-0.4, -0.2) is 17.7 Å². The summed E-state index contributed by atoms with van der Waals surface area (Å²) >= 11 is 15.7. The number of hydrogen-bond donors (Lipinski definition) is 2. The van der Waals surface area contributed by atoms with Gasteiger partial charge in [-0.05, 0) is 76.9 Å². The quantitative estimate of drug-likeness (QED) is 0.380. The van der Waals surface area contributed by atoms with E-state index in [9.17, 15) is 14.4 Å². The molecule has 0 fully saturated rings. The first-order valence-corrected chi connectivity index (χ1v) is 11.3. The molecule has 1 aliphatic heterocycles. The number of rotatable bonds is 5. The lowest BCUT2D eigenvalue weighted by molar-refractivity contribution is -0.120. The average molecular weight is 545 g/mol. The minimum Gasteiger partial charge on any atom is -0.350 e. The topological polar surface area (TPSA) is 78.5 Å². The van der Waals surface area contributed by atoms with E-state index in [0.717, 1.165) is 9.37 Å². The molecular formula is C24H16BrCl2N3O3. The molecule has 0 atom stereocenters. The zero-order chi connectivity index (χ0) is 23.7. The first-order valence-electron chi connectivity index (χ1n) is 9.74. The molecule has 0 aromatic heterocycles. The Hall–Kier alpha value is -3.13. The summed E-state index contributed by atoms with van der Waals surface area (Å²) in [6, 6.07) is 18.7. The van der Waals surface area contributed by atoms with Gasteiger partial charge in [0.1, 0.15) is 10.7 Å². The lowest BCUT2D eigenvalue weighted by Crippen LogP contribution is -2.32. The molecule has 4 rings (SSSR count). The van der Waals surface area contributed by atoms with Crippen molar-refractivity contribution in [3.8, 4) is 0 Å². The molecule has 0 spiro atoms. The van der Waals surface area contributed by atoms with E-state index in [1.165, 1.54) is 0 Å². The number of carbonyl (C=O) groups is 3. The Morgan fingerprint density at radius 3 is 2.30 bits per heavy atom. The Morgan fingerprint density at radius 2 is 1.61 bits per heavy atom. The molecule has 3 amide bonds. The molecule has 1 aliphatic rings. The van der Waals surface area contributed by atoms with Crippen LogP contribution in [0.25, 0.3) is 0 Å². The van der Waals surface area contributed by atoms with Crippen molar-refractivity contribution >= 4 is 73.9 Å². The molecule has 3 aromatic carbocycles. The lowest BCUT2D eigenvalue weighted by atomic mass is 10.1. The highest BCUT2D eigenvalue weighted by Gasteiger charge is 2.39. The maximum atomic E-state index is 13.0. The molecule has 33 heavy (non-hydrogen) atoms. The second-order valence-corrected chi connectivity index (χ2v) is 8.79. The van der Waals surface area contributed by atoms with Crippen LogP contribution < -0.4 is 15.5 Å². The Bertz CT molecular complexity index is 1320. The zero-order valence-corrected chi connectivity index (χ0v) is 20.3. The maximum Gasteiger partial charge on any atom is 0.283 e. The number of para-hydroxylation sites is 1. The van der Waals surface area contributed by atoms with Gasteiger partial charge in [-0.1, -0.05) is 41.4 Å². The molecule has 3 aromatic rings. The van der Waals surface area contributed by atoms with Crippen molar-refractivity contribution < 1.29 is 14.4 Å². The molecule has 166 valence electrons. The van der Waals surface area contributed by atoms with Gasteiger partial charge in [-0.3, -0.25) is 14.4 Å². The third kappa shape index (κ3) is 4.53. The highest BCUT2D eigenvalue weighted by Crippen LogP contribution is 2.34. The molecule has 1 heterocycles. The zero-order valence-electron chi connectivity index (χ0n) is 17.2. The van der Waals surface area contributed by atoms with Crippen molar-refractivity contribution in [3.63, 3.8) is 0 Å². The molecule has 0 saturated carbocycles. The van der Waals surface area contributed by atoms with Crippen LogP contribution in [0.3, 0.4) is 0 Å². The van der Waals surface area contributed by atoms with E-state index in [0.29, 0.717) is 33.2 Å². The number of imide groups is 1. The first-order chi connectivity index (χ1) is 15.8. The fraction of sp³-hybridized carbons (Fsp3) is 0.0417. The SMILES string of the molecule is Cc1c(Cl)cccc1N1C(=O)C(Cl)=C(Nc2ccc(C(=O)Nc3ccccc3Br)cc2)C1=O. The van der Waals surface area contributed by atoms with E-state index in [-0.39, 0.29) is 16.6 Å². The predicted octanol–water partition coefficient (Wildman–Crippen LogP) is 6.10. The average Bonchev–Trinajstić information content (AvgIpc) is 3.01. The summed E-state index contributed by atoms with van der Waals surface area (Å²) in [5, 5.41) is 5.92. The largest absolute Gasteiger partial charge is 0.350 e. The predicted molar refractivity (Wildman–Crippen MR) is 134 cm³/mol. The van der Waals surface area contributed by atoms with Gasteiger partial charge < -0.3 is 10.6 Å². The van der Waals surface area contributed by atoms with E-state index in [1.807, 2.05) is 18.2 Å². The van der Waals surface area contributed by atoms with Crippen LogP contribution in [0.5, 0.6) is 0 Å². The van der Waals surface area contributed by atoms with Crippen molar-refractivity contribution in [1.29, 1.82) is 0 Å². The van der Waals surface area contributed by atoms with E-state index >= 15 is 0 Å². The summed E-state index contributed by atoms with van der Waals surface area (Å²) in [7, 11) is 0. The van der Waals surface area contributed by atoms with Gasteiger partial charge in [0.25, 0.3) is 17.7 Å². The monoisotopic (exact) mass is 543 g/mol. The second kappa shape index (κ2) is 9.39. The Labute approximate surface area is 208 Å². The van der Waals surface area contributed by atoms with Crippen molar-refractivity contribution in [2.24, 2.45) is 0 Å². The molecule has 0 bridgehead atoms. The third-order valence-corrected chi connectivity index (χ3v) is 6.50. The number of hydrogen-bond acceptors (Lipinski definition) is 4. The summed E-state index contributed by atoms with van der Waals surface area (Å²) < 4.78 is 0.766. The van der Waals surface area contributed by atoms with Gasteiger partial charge in [0.05, 0.1) is 11.4 Å². The minimum atomic E-state index is -0.640. The van der Waals surface area contributed by atoms with Crippen LogP contribution in [-0.2, 0) is 9.59 Å². The first kappa shape index (κ1) is 23.0. The van der Waals surface area contributed by atoms with Crippen molar-refractivity contribution in [2.45, 2.75) is 6.92 Å². The summed E-state index contributed by atoms with van der Waals surface area (Å²) in [4.78, 5) is 39.2. The normalized spacial score (nSPS) is 13.5. The molecule has 0 radical (unpaired) electrons. The van der Waals surface area contributed by atoms with Crippen LogP contribution in [0.4, 0.5) is 17.1 Å². The minimum absolute atomic E-state index is 0.0496. The molecule has 0 aliphatic carbocycles. The van der Waals surface area contributed by atoms with E-state index in [2.05, 4.69) is 26.6 Å². The van der Waals surface area contributed by atoms with E-state index < -0.39 is 11.8 Å². The van der Waals surface area contributed by atoms with Crippen LogP contribution >= 0.6 is 39.1 Å². The Balaban J connectivity index is 1.51. The smallest absolute Gasteiger partial charge is 0.283 e. The Kier molecular flexibility index (Phi) is 6.56. The fourth-order valence-corrected chi connectivity index (χ4v) is 4.04. The summed E-state index contributed by atoms with van der Waals surface area (Å²) in [5.74, 6) is -1.52. The molecular weight excluding hydrogens is 529 g/mol. The highest BCUT2D eigenvalue weighted by atomic mass is 79.9. The third-order valence-electron chi connectivity index (χ3n) is 5.05. The van der Waals surface area contributed by atoms with Gasteiger partial charge in [-0.2, -0.15) is 0 Å². The number of nitrogens with zero attached hydrogens (tertiary/aromatic N) is 1. The number of anilines is 3. The fourth-order valence-electron chi connectivity index (χ4n) is 3.27. The number of nitrogens with one attached hydrogen (secondary N) is 2. The summed E-state index contributed by atoms with van der Waals surface area (Å²) in [6.07, 6.45) is 0. The van der Waals surface area contributed by atoms with Gasteiger partial charge in [0.2, 0.25) is 0 Å². The van der Waals surface area contributed by atoms with Crippen molar-refractivity contribution in [1.82, 2.24) is 0 Å². The van der Waals surface area contributed by atoms with Crippen LogP contribution in [0.2, 0.25) is 5.02 Å². The van der Waals surface area contributed by atoms with Gasteiger partial charge in [-0.25, -0.2) is 4.90 Å². The number of benzene rings is 3. The summed E-state index contributed by atoms with van der Waals surface area (Å²) in [5.41, 5.74) is 2.46. The van der Waals surface area contributed by atoms with Crippen LogP contribution in [0.15, 0.2) is 81.9 Å². The molecule has 0 unspecified atom stereocenters. The Morgan fingerprint density at radius 1 is 0.909 bits per heavy atom. The van der Waals surface area contributed by atoms with Crippen LogP contribution in [0.1, 0.15) is 15.9 Å². The lowest BCUT2D eigenvalue weighted by Gasteiger charge is -2.18. The van der Waals surface area contributed by atoms with Crippen molar-refractivity contribution in [2.75, 3.05) is 15.5 Å². The van der Waals surface area contributed by atoms with Gasteiger partial charge in [0.15, 0.2) is 0 Å². The maximum absolute atomic E-state index is 13.0. The summed E-state index contributed by atoms with van der Waals surface area (Å²) in [6.45, 7) is 1.72. The molecule has 6 nitrogen and oxygen atoms in total. The van der Waals surface area contributed by atoms with Crippen molar-refractivity contribution in [3.05, 3.63) is 98.1 Å². The molecule has 0 saturated heterocycles. The standard InChI is InChI=1S/C24H16BrCl2N3O3/c1-13-17(26)6-4-8-19(13)30-23(32)20(27)21(24(30)33)28-15-11-9-14(10-12-15)22(31)29-18-7-3-2-5-16(18)25/h2-12,28H,1H3,(H,29,31).